The van der Waals surface area contributed by atoms with Crippen molar-refractivity contribution in [2.45, 2.75) is 13.3 Å². The Morgan fingerprint density at radius 3 is 2.49 bits per heavy atom. The van der Waals surface area contributed by atoms with Crippen LogP contribution in [0.15, 0.2) is 97.8 Å². The Kier molecular flexibility index (Phi) is 7.62. The number of aromatic nitrogens is 3. The SMILES string of the molecule is C=C/C(=C\NN)c1cc2c(cnn2C)cc1Cc1ccc(NC(=O)c2ccc(C)n(-c3ccc(F)cc3)c2=N)cc1. The van der Waals surface area contributed by atoms with Crippen LogP contribution in [0.5, 0.6) is 0 Å². The number of fused-ring (bicyclic) bond motifs is 1. The summed E-state index contributed by atoms with van der Waals surface area (Å²) < 4.78 is 16.9. The molecule has 5 aromatic rings. The number of hydrazine groups is 1. The first-order valence-corrected chi connectivity index (χ1v) is 13.0. The predicted molar refractivity (Wildman–Crippen MR) is 160 cm³/mol. The summed E-state index contributed by atoms with van der Waals surface area (Å²) in [6.45, 7) is 5.77. The molecule has 0 aliphatic carbocycles. The van der Waals surface area contributed by atoms with Crippen molar-refractivity contribution >= 4 is 28.1 Å². The summed E-state index contributed by atoms with van der Waals surface area (Å²) in [6, 6.07) is 21.0. The highest BCUT2D eigenvalue weighted by Gasteiger charge is 2.14. The zero-order valence-electron chi connectivity index (χ0n) is 22.8. The summed E-state index contributed by atoms with van der Waals surface area (Å²) in [7, 11) is 1.90. The third kappa shape index (κ3) is 5.57. The second-order valence-corrected chi connectivity index (χ2v) is 9.68. The van der Waals surface area contributed by atoms with Crippen molar-refractivity contribution in [2.75, 3.05) is 5.32 Å². The van der Waals surface area contributed by atoms with E-state index in [0.717, 1.165) is 38.9 Å². The Bertz CT molecular complexity index is 1850. The van der Waals surface area contributed by atoms with Crippen LogP contribution >= 0.6 is 0 Å². The second kappa shape index (κ2) is 11.4. The van der Waals surface area contributed by atoms with Gasteiger partial charge in [-0.2, -0.15) is 5.10 Å². The topological polar surface area (TPSA) is 114 Å². The zero-order chi connectivity index (χ0) is 29.1. The van der Waals surface area contributed by atoms with Crippen molar-refractivity contribution in [2.24, 2.45) is 12.9 Å². The molecule has 5 rings (SSSR count). The first-order valence-electron chi connectivity index (χ1n) is 13.0. The van der Waals surface area contributed by atoms with Gasteiger partial charge in [0.25, 0.3) is 5.91 Å². The standard InChI is InChI=1S/C32H30FN7O/c1-4-22(18-36-35)29-17-30-24(19-37-39(30)3)16-23(29)15-21-6-10-26(11-7-21)38-32(41)28-14-5-20(2)40(31(28)34)27-12-8-25(33)9-13-27/h4-14,16-19,34,36H,1,15,35H2,2-3H3,(H,38,41)/b22-18+,34-31?. The van der Waals surface area contributed by atoms with Gasteiger partial charge in [-0.3, -0.25) is 25.3 Å². The van der Waals surface area contributed by atoms with Crippen molar-refractivity contribution in [1.29, 1.82) is 5.41 Å². The molecule has 0 fully saturated rings. The highest BCUT2D eigenvalue weighted by atomic mass is 19.1. The van der Waals surface area contributed by atoms with Gasteiger partial charge in [-0.15, -0.1) is 0 Å². The Labute approximate surface area is 236 Å². The molecule has 0 bridgehead atoms. The van der Waals surface area contributed by atoms with E-state index in [2.05, 4.69) is 34.6 Å². The molecule has 2 aromatic heterocycles. The highest BCUT2D eigenvalue weighted by Crippen LogP contribution is 2.28. The largest absolute Gasteiger partial charge is 0.331 e. The van der Waals surface area contributed by atoms with Gasteiger partial charge in [0.15, 0.2) is 0 Å². The van der Waals surface area contributed by atoms with E-state index in [1.54, 1.807) is 41.1 Å². The number of aryl methyl sites for hydroxylation is 2. The van der Waals surface area contributed by atoms with Crippen LogP contribution in [0.1, 0.15) is 32.7 Å². The number of amides is 1. The van der Waals surface area contributed by atoms with Crippen LogP contribution < -0.4 is 22.1 Å². The third-order valence-corrected chi connectivity index (χ3v) is 7.00. The van der Waals surface area contributed by atoms with E-state index < -0.39 is 5.91 Å². The smallest absolute Gasteiger partial charge is 0.259 e. The van der Waals surface area contributed by atoms with Crippen molar-refractivity contribution in [3.8, 4) is 5.69 Å². The molecule has 0 unspecified atom stereocenters. The lowest BCUT2D eigenvalue weighted by Crippen LogP contribution is -2.29. The fraction of sp³-hybridized carbons (Fsp3) is 0.0938. The molecule has 0 radical (unpaired) electrons. The highest BCUT2D eigenvalue weighted by molar-refractivity contribution is 6.04. The molecule has 0 saturated heterocycles. The average molecular weight is 548 g/mol. The van der Waals surface area contributed by atoms with Gasteiger partial charge in [-0.25, -0.2) is 4.39 Å². The quantitative estimate of drug-likeness (QED) is 0.123. The number of carbonyl (C=O) groups excluding carboxylic acids is 1. The van der Waals surface area contributed by atoms with Crippen molar-refractivity contribution in [3.63, 3.8) is 0 Å². The van der Waals surface area contributed by atoms with Crippen LogP contribution in [-0.2, 0) is 13.5 Å². The van der Waals surface area contributed by atoms with Gasteiger partial charge in [-0.1, -0.05) is 24.8 Å². The number of halogens is 1. The summed E-state index contributed by atoms with van der Waals surface area (Å²) in [6.07, 6.45) is 5.94. The lowest BCUT2D eigenvalue weighted by Gasteiger charge is -2.14. The minimum absolute atomic E-state index is 0.0158. The molecule has 2 heterocycles. The summed E-state index contributed by atoms with van der Waals surface area (Å²) in [5.41, 5.74) is 9.75. The van der Waals surface area contributed by atoms with E-state index in [1.165, 1.54) is 12.1 Å². The number of nitrogens with one attached hydrogen (secondary N) is 3. The molecular weight excluding hydrogens is 517 g/mol. The van der Waals surface area contributed by atoms with E-state index in [-0.39, 0.29) is 16.9 Å². The van der Waals surface area contributed by atoms with Gasteiger partial charge in [0.2, 0.25) is 0 Å². The predicted octanol–water partition coefficient (Wildman–Crippen LogP) is 5.12. The molecule has 0 atom stereocenters. The van der Waals surface area contributed by atoms with Gasteiger partial charge in [0.1, 0.15) is 11.3 Å². The number of allylic oxidation sites excluding steroid dienone is 2. The molecule has 1 amide bonds. The van der Waals surface area contributed by atoms with Gasteiger partial charge in [0.05, 0.1) is 17.3 Å². The monoisotopic (exact) mass is 547 g/mol. The molecule has 0 saturated carbocycles. The number of carbonyl (C=O) groups is 1. The molecule has 9 heteroatoms. The molecular formula is C32H30FN7O. The van der Waals surface area contributed by atoms with Crippen LogP contribution in [0, 0.1) is 18.2 Å². The number of benzene rings is 3. The normalized spacial score (nSPS) is 11.5. The number of pyridine rings is 1. The zero-order valence-corrected chi connectivity index (χ0v) is 22.8. The average Bonchev–Trinajstić information content (AvgIpc) is 3.32. The van der Waals surface area contributed by atoms with Crippen molar-refractivity contribution < 1.29 is 9.18 Å². The maximum Gasteiger partial charge on any atom is 0.259 e. The maximum absolute atomic E-state index is 13.4. The van der Waals surface area contributed by atoms with Crippen LogP contribution in [0.2, 0.25) is 0 Å². The molecule has 206 valence electrons. The Morgan fingerprint density at radius 1 is 1.07 bits per heavy atom. The molecule has 0 aliphatic heterocycles. The van der Waals surface area contributed by atoms with Gasteiger partial charge < -0.3 is 10.7 Å². The second-order valence-electron chi connectivity index (χ2n) is 9.68. The first-order chi connectivity index (χ1) is 19.8. The summed E-state index contributed by atoms with van der Waals surface area (Å²) in [4.78, 5) is 13.2. The summed E-state index contributed by atoms with van der Waals surface area (Å²) >= 11 is 0. The summed E-state index contributed by atoms with van der Waals surface area (Å²) in [5, 5.41) is 17.0. The van der Waals surface area contributed by atoms with E-state index >= 15 is 0 Å². The number of hydrogen-bond acceptors (Lipinski definition) is 5. The maximum atomic E-state index is 13.4. The van der Waals surface area contributed by atoms with E-state index in [4.69, 9.17) is 11.3 Å². The number of rotatable bonds is 8. The fourth-order valence-electron chi connectivity index (χ4n) is 4.88. The lowest BCUT2D eigenvalue weighted by molar-refractivity contribution is 0.102. The molecule has 41 heavy (non-hydrogen) atoms. The van der Waals surface area contributed by atoms with Crippen LogP contribution in [0.4, 0.5) is 10.1 Å². The minimum atomic E-state index is -0.405. The van der Waals surface area contributed by atoms with E-state index in [9.17, 15) is 9.18 Å². The van der Waals surface area contributed by atoms with Crippen molar-refractivity contribution in [1.82, 2.24) is 19.8 Å². The summed E-state index contributed by atoms with van der Waals surface area (Å²) in [5.74, 6) is 4.80. The molecule has 8 nitrogen and oxygen atoms in total. The number of hydrogen-bond donors (Lipinski definition) is 4. The Hall–Kier alpha value is -5.28. The number of nitrogens with two attached hydrogens (primary N) is 1. The van der Waals surface area contributed by atoms with Gasteiger partial charge >= 0.3 is 0 Å². The van der Waals surface area contributed by atoms with Crippen LogP contribution in [0.25, 0.3) is 22.2 Å². The van der Waals surface area contributed by atoms with Gasteiger partial charge in [-0.05, 0) is 96.3 Å². The van der Waals surface area contributed by atoms with E-state index in [1.807, 2.05) is 49.1 Å². The molecule has 0 aliphatic rings. The van der Waals surface area contributed by atoms with Gasteiger partial charge in [0, 0.05) is 35.7 Å². The number of anilines is 1. The Balaban J connectivity index is 1.39. The third-order valence-electron chi connectivity index (χ3n) is 7.00. The Morgan fingerprint density at radius 2 is 1.80 bits per heavy atom. The van der Waals surface area contributed by atoms with E-state index in [0.29, 0.717) is 17.8 Å². The lowest BCUT2D eigenvalue weighted by atomic mass is 9.93. The number of nitrogens with zero attached hydrogens (tertiary/aromatic N) is 3. The van der Waals surface area contributed by atoms with Crippen LogP contribution in [0.3, 0.4) is 0 Å². The fourth-order valence-corrected chi connectivity index (χ4v) is 4.88. The molecule has 0 spiro atoms. The first kappa shape index (κ1) is 27.3. The molecule has 5 N–H and O–H groups in total. The van der Waals surface area contributed by atoms with Crippen molar-refractivity contribution in [3.05, 3.63) is 137 Å². The minimum Gasteiger partial charge on any atom is -0.331 e. The molecule has 3 aromatic carbocycles. The van der Waals surface area contributed by atoms with Crippen LogP contribution in [-0.4, -0.2) is 20.3 Å².